The molecule has 0 unspecified atom stereocenters. The van der Waals surface area contributed by atoms with Gasteiger partial charge in [0.15, 0.2) is 0 Å². The van der Waals surface area contributed by atoms with E-state index in [1.807, 2.05) is 36.4 Å². The van der Waals surface area contributed by atoms with E-state index in [0.717, 1.165) is 23.5 Å². The molecule has 6 nitrogen and oxygen atoms in total. The van der Waals surface area contributed by atoms with Crippen molar-refractivity contribution in [1.82, 2.24) is 15.3 Å². The zero-order valence-corrected chi connectivity index (χ0v) is 17.3. The predicted octanol–water partition coefficient (Wildman–Crippen LogP) is 4.19. The summed E-state index contributed by atoms with van der Waals surface area (Å²) in [6.45, 7) is 7.06. The number of carbonyl (C=O) groups is 1. The first-order valence-corrected chi connectivity index (χ1v) is 9.61. The molecule has 0 aliphatic heterocycles. The molecule has 0 saturated heterocycles. The van der Waals surface area contributed by atoms with Crippen LogP contribution in [0, 0.1) is 13.8 Å². The fourth-order valence-corrected chi connectivity index (χ4v) is 3.10. The largest absolute Gasteiger partial charge is 0.497 e. The van der Waals surface area contributed by atoms with E-state index in [9.17, 15) is 4.79 Å². The number of nitrogens with one attached hydrogen (secondary N) is 1. The number of nitrogens with zero attached hydrogens (tertiary/aromatic N) is 3. The van der Waals surface area contributed by atoms with E-state index in [0.29, 0.717) is 23.9 Å². The highest BCUT2D eigenvalue weighted by molar-refractivity contribution is 5.93. The molecule has 0 aliphatic rings. The second-order valence-electron chi connectivity index (χ2n) is 6.77. The molecule has 6 heteroatoms. The summed E-state index contributed by atoms with van der Waals surface area (Å²) in [5.41, 5.74) is 3.55. The molecule has 0 atom stereocenters. The van der Waals surface area contributed by atoms with Crippen LogP contribution in [-0.2, 0) is 6.54 Å². The quantitative estimate of drug-likeness (QED) is 0.655. The van der Waals surface area contributed by atoms with Gasteiger partial charge in [0, 0.05) is 24.8 Å². The molecule has 0 radical (unpaired) electrons. The van der Waals surface area contributed by atoms with Gasteiger partial charge < -0.3 is 15.0 Å². The number of ether oxygens (including phenoxy) is 1. The van der Waals surface area contributed by atoms with E-state index in [1.165, 1.54) is 5.56 Å². The van der Waals surface area contributed by atoms with E-state index in [2.05, 4.69) is 46.2 Å². The summed E-state index contributed by atoms with van der Waals surface area (Å²) in [5, 5.41) is 2.92. The second-order valence-corrected chi connectivity index (χ2v) is 6.77. The van der Waals surface area contributed by atoms with Crippen molar-refractivity contribution < 1.29 is 9.53 Å². The van der Waals surface area contributed by atoms with Crippen molar-refractivity contribution in [3.63, 3.8) is 0 Å². The average molecular weight is 390 g/mol. The molecular formula is C23H26N4O2. The van der Waals surface area contributed by atoms with Crippen LogP contribution in [0.25, 0.3) is 0 Å². The number of amides is 1. The maximum absolute atomic E-state index is 12.7. The van der Waals surface area contributed by atoms with Crippen LogP contribution in [0.2, 0.25) is 0 Å². The van der Waals surface area contributed by atoms with Crippen LogP contribution in [0.15, 0.2) is 54.6 Å². The minimum atomic E-state index is -0.229. The Morgan fingerprint density at radius 3 is 2.48 bits per heavy atom. The fraction of sp³-hybridized carbons (Fsp3) is 0.261. The number of methoxy groups -OCH3 is 1. The maximum Gasteiger partial charge on any atom is 0.270 e. The topological polar surface area (TPSA) is 67.4 Å². The first kappa shape index (κ1) is 20.3. The van der Waals surface area contributed by atoms with Gasteiger partial charge in [-0.25, -0.2) is 9.97 Å². The van der Waals surface area contributed by atoms with E-state index in [1.54, 1.807) is 20.1 Å². The molecular weight excluding hydrogens is 364 g/mol. The molecule has 2 aromatic carbocycles. The summed E-state index contributed by atoms with van der Waals surface area (Å²) < 4.78 is 5.16. The molecule has 29 heavy (non-hydrogen) atoms. The zero-order chi connectivity index (χ0) is 20.8. The minimum Gasteiger partial charge on any atom is -0.497 e. The third-order valence-electron chi connectivity index (χ3n) is 4.58. The van der Waals surface area contributed by atoms with Crippen LogP contribution in [0.5, 0.6) is 5.75 Å². The minimum absolute atomic E-state index is 0.229. The molecule has 0 aliphatic carbocycles. The van der Waals surface area contributed by atoms with E-state index in [-0.39, 0.29) is 5.91 Å². The summed E-state index contributed by atoms with van der Waals surface area (Å²) in [4.78, 5) is 23.7. The van der Waals surface area contributed by atoms with Crippen molar-refractivity contribution in [3.05, 3.63) is 77.2 Å². The SMILES string of the molecule is CCN(c1cccc(C)c1)c1cc(C(=O)NCc2ccc(OC)cc2)nc(C)n1. The van der Waals surface area contributed by atoms with Crippen molar-refractivity contribution in [3.8, 4) is 5.75 Å². The first-order valence-electron chi connectivity index (χ1n) is 9.61. The molecule has 3 rings (SSSR count). The highest BCUT2D eigenvalue weighted by Crippen LogP contribution is 2.24. The highest BCUT2D eigenvalue weighted by Gasteiger charge is 2.15. The van der Waals surface area contributed by atoms with Crippen molar-refractivity contribution in [1.29, 1.82) is 0 Å². The lowest BCUT2D eigenvalue weighted by Gasteiger charge is -2.23. The van der Waals surface area contributed by atoms with Crippen LogP contribution in [0.4, 0.5) is 11.5 Å². The zero-order valence-electron chi connectivity index (χ0n) is 17.3. The Labute approximate surface area is 171 Å². The van der Waals surface area contributed by atoms with Gasteiger partial charge in [0.1, 0.15) is 23.1 Å². The van der Waals surface area contributed by atoms with Crippen molar-refractivity contribution >= 4 is 17.4 Å². The predicted molar refractivity (Wildman–Crippen MR) is 115 cm³/mol. The van der Waals surface area contributed by atoms with Gasteiger partial charge in [-0.3, -0.25) is 4.79 Å². The Morgan fingerprint density at radius 2 is 1.83 bits per heavy atom. The van der Waals surface area contributed by atoms with Gasteiger partial charge in [0.05, 0.1) is 7.11 Å². The first-order chi connectivity index (χ1) is 14.0. The van der Waals surface area contributed by atoms with Crippen LogP contribution in [0.1, 0.15) is 34.4 Å². The molecule has 3 aromatic rings. The van der Waals surface area contributed by atoms with E-state index in [4.69, 9.17) is 4.74 Å². The molecule has 0 fully saturated rings. The van der Waals surface area contributed by atoms with Gasteiger partial charge in [-0.1, -0.05) is 24.3 Å². The summed E-state index contributed by atoms with van der Waals surface area (Å²) >= 11 is 0. The van der Waals surface area contributed by atoms with Gasteiger partial charge in [-0.15, -0.1) is 0 Å². The van der Waals surface area contributed by atoms with E-state index >= 15 is 0 Å². The van der Waals surface area contributed by atoms with Crippen molar-refractivity contribution in [2.24, 2.45) is 0 Å². The second kappa shape index (κ2) is 9.19. The molecule has 1 amide bonds. The van der Waals surface area contributed by atoms with Crippen LogP contribution < -0.4 is 15.0 Å². The van der Waals surface area contributed by atoms with Crippen LogP contribution >= 0.6 is 0 Å². The van der Waals surface area contributed by atoms with Crippen LogP contribution in [0.3, 0.4) is 0 Å². The Balaban J connectivity index is 1.79. The summed E-state index contributed by atoms with van der Waals surface area (Å²) in [5.74, 6) is 1.82. The Hall–Kier alpha value is -3.41. The molecule has 1 heterocycles. The number of benzene rings is 2. The maximum atomic E-state index is 12.7. The lowest BCUT2D eigenvalue weighted by Crippen LogP contribution is -2.25. The number of rotatable bonds is 7. The number of anilines is 2. The summed E-state index contributed by atoms with van der Waals surface area (Å²) in [6, 6.07) is 17.5. The average Bonchev–Trinajstić information content (AvgIpc) is 2.72. The standard InChI is InChI=1S/C23H26N4O2/c1-5-27(19-8-6-7-16(2)13-19)22-14-21(25-17(3)26-22)23(28)24-15-18-9-11-20(29-4)12-10-18/h6-14H,5,15H2,1-4H3,(H,24,28). The highest BCUT2D eigenvalue weighted by atomic mass is 16.5. The van der Waals surface area contributed by atoms with Gasteiger partial charge in [0.2, 0.25) is 0 Å². The number of hydrogen-bond acceptors (Lipinski definition) is 5. The number of carbonyl (C=O) groups excluding carboxylic acids is 1. The van der Waals surface area contributed by atoms with Gasteiger partial charge in [-0.05, 0) is 56.2 Å². The molecule has 1 N–H and O–H groups in total. The van der Waals surface area contributed by atoms with Gasteiger partial charge >= 0.3 is 0 Å². The normalized spacial score (nSPS) is 10.5. The van der Waals surface area contributed by atoms with Gasteiger partial charge in [-0.2, -0.15) is 0 Å². The summed E-state index contributed by atoms with van der Waals surface area (Å²) in [6.07, 6.45) is 0. The third-order valence-corrected chi connectivity index (χ3v) is 4.58. The van der Waals surface area contributed by atoms with Gasteiger partial charge in [0.25, 0.3) is 5.91 Å². The summed E-state index contributed by atoms with van der Waals surface area (Å²) in [7, 11) is 1.63. The number of aryl methyl sites for hydroxylation is 2. The van der Waals surface area contributed by atoms with Crippen molar-refractivity contribution in [2.75, 3.05) is 18.6 Å². The third kappa shape index (κ3) is 5.10. The lowest BCUT2D eigenvalue weighted by atomic mass is 10.2. The molecule has 1 aromatic heterocycles. The number of aromatic nitrogens is 2. The van der Waals surface area contributed by atoms with Crippen molar-refractivity contribution in [2.45, 2.75) is 27.3 Å². The molecule has 0 spiro atoms. The smallest absolute Gasteiger partial charge is 0.270 e. The monoisotopic (exact) mass is 390 g/mol. The van der Waals surface area contributed by atoms with Crippen LogP contribution in [-0.4, -0.2) is 29.5 Å². The van der Waals surface area contributed by atoms with E-state index < -0.39 is 0 Å². The molecule has 0 saturated carbocycles. The Morgan fingerprint density at radius 1 is 1.07 bits per heavy atom. The Kier molecular flexibility index (Phi) is 6.44. The Bertz CT molecular complexity index is 986. The lowest BCUT2D eigenvalue weighted by molar-refractivity contribution is 0.0945. The number of hydrogen-bond donors (Lipinski definition) is 1. The fourth-order valence-electron chi connectivity index (χ4n) is 3.10. The molecule has 0 bridgehead atoms. The molecule has 150 valence electrons.